The zero-order chi connectivity index (χ0) is 14.8. The highest BCUT2D eigenvalue weighted by Crippen LogP contribution is 2.32. The average Bonchev–Trinajstić information content (AvgIpc) is 2.25. The van der Waals surface area contributed by atoms with E-state index in [0.29, 0.717) is 6.07 Å². The van der Waals surface area contributed by atoms with Crippen molar-refractivity contribution in [3.8, 4) is 5.75 Å². The third-order valence-electron chi connectivity index (χ3n) is 2.11. The van der Waals surface area contributed by atoms with Crippen LogP contribution in [0.1, 0.15) is 29.3 Å². The molecule has 0 spiro atoms. The van der Waals surface area contributed by atoms with Crippen molar-refractivity contribution >= 4 is 17.4 Å². The Morgan fingerprint density at radius 3 is 2.32 bits per heavy atom. The number of hydrogen-bond acceptors (Lipinski definition) is 2. The zero-order valence-electron chi connectivity index (χ0n) is 9.47. The van der Waals surface area contributed by atoms with Crippen LogP contribution in [-0.4, -0.2) is 17.5 Å². The van der Waals surface area contributed by atoms with Crippen LogP contribution in [0.3, 0.4) is 0 Å². The van der Waals surface area contributed by atoms with E-state index in [2.05, 4.69) is 4.74 Å². The van der Waals surface area contributed by atoms with Gasteiger partial charge in [0, 0.05) is 5.56 Å². The third kappa shape index (κ3) is 4.34. The van der Waals surface area contributed by atoms with E-state index in [1.165, 1.54) is 6.92 Å². The fraction of sp³-hybridized carbons (Fsp3) is 0.364. The second-order valence-electron chi connectivity index (χ2n) is 3.58. The van der Waals surface area contributed by atoms with Crippen LogP contribution in [0.4, 0.5) is 22.0 Å². The first kappa shape index (κ1) is 15.7. The number of benzene rings is 1. The summed E-state index contributed by atoms with van der Waals surface area (Å²) in [5.74, 6) is -1.83. The summed E-state index contributed by atoms with van der Waals surface area (Å²) in [6.45, 7) is 1.25. The number of alkyl halides is 6. The Bertz CT molecular complexity index is 471. The molecule has 0 heterocycles. The maximum Gasteiger partial charge on any atom is 0.573 e. The van der Waals surface area contributed by atoms with E-state index in [1.807, 2.05) is 0 Å². The van der Waals surface area contributed by atoms with E-state index in [1.54, 1.807) is 0 Å². The SMILES string of the molecule is CC(Cl)C(=O)c1ccc(C(F)F)cc1OC(F)(F)F. The molecule has 0 aliphatic heterocycles. The number of Topliss-reactive ketones (excluding diaryl/α,β-unsaturated/α-hetero) is 1. The van der Waals surface area contributed by atoms with Crippen LogP contribution in [-0.2, 0) is 0 Å². The van der Waals surface area contributed by atoms with E-state index >= 15 is 0 Å². The Kier molecular flexibility index (Phi) is 4.73. The van der Waals surface area contributed by atoms with Crippen LogP contribution in [0.15, 0.2) is 18.2 Å². The number of ether oxygens (including phenoxy) is 1. The lowest BCUT2D eigenvalue weighted by Gasteiger charge is -2.14. The van der Waals surface area contributed by atoms with Gasteiger partial charge in [0.25, 0.3) is 6.43 Å². The van der Waals surface area contributed by atoms with Crippen molar-refractivity contribution in [2.45, 2.75) is 25.1 Å². The summed E-state index contributed by atoms with van der Waals surface area (Å²) in [4.78, 5) is 11.6. The molecule has 0 aliphatic carbocycles. The van der Waals surface area contributed by atoms with Crippen molar-refractivity contribution in [1.29, 1.82) is 0 Å². The molecule has 1 unspecified atom stereocenters. The van der Waals surface area contributed by atoms with Gasteiger partial charge in [0.05, 0.1) is 10.9 Å². The van der Waals surface area contributed by atoms with Crippen LogP contribution in [0.5, 0.6) is 5.75 Å². The van der Waals surface area contributed by atoms with Gasteiger partial charge in [-0.2, -0.15) is 0 Å². The molecule has 0 aromatic heterocycles. The van der Waals surface area contributed by atoms with Crippen LogP contribution >= 0.6 is 11.6 Å². The Morgan fingerprint density at radius 1 is 1.32 bits per heavy atom. The van der Waals surface area contributed by atoms with E-state index in [-0.39, 0.29) is 0 Å². The molecular weight excluding hydrogens is 295 g/mol. The highest BCUT2D eigenvalue weighted by molar-refractivity contribution is 6.33. The molecule has 0 amide bonds. The second-order valence-corrected chi connectivity index (χ2v) is 4.24. The van der Waals surface area contributed by atoms with E-state index in [4.69, 9.17) is 11.6 Å². The quantitative estimate of drug-likeness (QED) is 0.470. The number of carbonyl (C=O) groups excluding carboxylic acids is 1. The lowest BCUT2D eigenvalue weighted by molar-refractivity contribution is -0.274. The Labute approximate surface area is 110 Å². The molecule has 0 N–H and O–H groups in total. The Hall–Kier alpha value is -1.37. The largest absolute Gasteiger partial charge is 0.573 e. The fourth-order valence-electron chi connectivity index (χ4n) is 1.30. The van der Waals surface area contributed by atoms with Crippen molar-refractivity contribution in [1.82, 2.24) is 0 Å². The fourth-order valence-corrected chi connectivity index (χ4v) is 1.42. The van der Waals surface area contributed by atoms with Gasteiger partial charge in [-0.05, 0) is 19.1 Å². The molecule has 1 atom stereocenters. The number of ketones is 1. The number of rotatable bonds is 4. The molecule has 0 bridgehead atoms. The maximum atomic E-state index is 12.4. The molecule has 19 heavy (non-hydrogen) atoms. The van der Waals surface area contributed by atoms with Gasteiger partial charge in [-0.25, -0.2) is 8.78 Å². The normalized spacial score (nSPS) is 13.5. The van der Waals surface area contributed by atoms with Crippen LogP contribution < -0.4 is 4.74 Å². The summed E-state index contributed by atoms with van der Waals surface area (Å²) in [5, 5.41) is -1.10. The summed E-state index contributed by atoms with van der Waals surface area (Å²) in [5.41, 5.74) is -1.18. The van der Waals surface area contributed by atoms with Gasteiger partial charge < -0.3 is 4.74 Å². The van der Waals surface area contributed by atoms with Crippen molar-refractivity contribution in [3.63, 3.8) is 0 Å². The summed E-state index contributed by atoms with van der Waals surface area (Å²) in [6.07, 6.45) is -8.07. The van der Waals surface area contributed by atoms with Gasteiger partial charge >= 0.3 is 6.36 Å². The number of halogens is 6. The molecule has 106 valence electrons. The van der Waals surface area contributed by atoms with E-state index in [9.17, 15) is 26.7 Å². The highest BCUT2D eigenvalue weighted by Gasteiger charge is 2.33. The van der Waals surface area contributed by atoms with Gasteiger partial charge in [0.1, 0.15) is 5.75 Å². The summed E-state index contributed by atoms with van der Waals surface area (Å²) in [6, 6.07) is 2.16. The number of hydrogen-bond donors (Lipinski definition) is 0. The summed E-state index contributed by atoms with van der Waals surface area (Å²) in [7, 11) is 0. The van der Waals surface area contributed by atoms with Gasteiger partial charge in [-0.15, -0.1) is 24.8 Å². The lowest BCUT2D eigenvalue weighted by Crippen LogP contribution is -2.21. The minimum absolute atomic E-state index is 0.477. The summed E-state index contributed by atoms with van der Waals surface area (Å²) >= 11 is 5.47. The van der Waals surface area contributed by atoms with Crippen molar-refractivity contribution < 1.29 is 31.5 Å². The minimum Gasteiger partial charge on any atom is -0.405 e. The third-order valence-corrected chi connectivity index (χ3v) is 2.31. The zero-order valence-corrected chi connectivity index (χ0v) is 10.2. The molecule has 0 saturated carbocycles. The summed E-state index contributed by atoms with van der Waals surface area (Å²) < 4.78 is 64.9. The molecule has 8 heteroatoms. The first-order chi connectivity index (χ1) is 8.61. The van der Waals surface area contributed by atoms with Crippen LogP contribution in [0.25, 0.3) is 0 Å². The molecular formula is C11H8ClF5O2. The predicted octanol–water partition coefficient (Wildman–Crippen LogP) is 4.33. The molecule has 0 saturated heterocycles. The standard InChI is InChI=1S/C11H8ClF5O2/c1-5(12)9(18)7-3-2-6(10(13)14)4-8(7)19-11(15,16)17/h2-5,10H,1H3. The number of carbonyl (C=O) groups is 1. The molecule has 2 nitrogen and oxygen atoms in total. The smallest absolute Gasteiger partial charge is 0.405 e. The van der Waals surface area contributed by atoms with Gasteiger partial charge in [-0.1, -0.05) is 6.07 Å². The molecule has 1 rings (SSSR count). The molecule has 1 aromatic rings. The first-order valence-corrected chi connectivity index (χ1v) is 5.41. The van der Waals surface area contributed by atoms with Gasteiger partial charge in [-0.3, -0.25) is 4.79 Å². The Morgan fingerprint density at radius 2 is 1.89 bits per heavy atom. The second kappa shape index (κ2) is 5.73. The van der Waals surface area contributed by atoms with Crippen molar-refractivity contribution in [2.24, 2.45) is 0 Å². The molecule has 1 aromatic carbocycles. The van der Waals surface area contributed by atoms with Gasteiger partial charge in [0.15, 0.2) is 5.78 Å². The van der Waals surface area contributed by atoms with E-state index < -0.39 is 40.8 Å². The first-order valence-electron chi connectivity index (χ1n) is 4.98. The van der Waals surface area contributed by atoms with Crippen LogP contribution in [0.2, 0.25) is 0 Å². The maximum absolute atomic E-state index is 12.4. The average molecular weight is 303 g/mol. The highest BCUT2D eigenvalue weighted by atomic mass is 35.5. The Balaban J connectivity index is 3.26. The lowest BCUT2D eigenvalue weighted by atomic mass is 10.0. The van der Waals surface area contributed by atoms with Crippen LogP contribution in [0, 0.1) is 0 Å². The van der Waals surface area contributed by atoms with E-state index in [0.717, 1.165) is 12.1 Å². The molecule has 0 fully saturated rings. The predicted molar refractivity (Wildman–Crippen MR) is 57.7 cm³/mol. The van der Waals surface area contributed by atoms with Crippen molar-refractivity contribution in [3.05, 3.63) is 29.3 Å². The van der Waals surface area contributed by atoms with Crippen molar-refractivity contribution in [2.75, 3.05) is 0 Å². The molecule has 0 radical (unpaired) electrons. The van der Waals surface area contributed by atoms with Gasteiger partial charge in [0.2, 0.25) is 0 Å². The topological polar surface area (TPSA) is 26.3 Å². The monoisotopic (exact) mass is 302 g/mol. The minimum atomic E-state index is -5.09. The molecule has 0 aliphatic rings.